The fraction of sp³-hybridized carbons (Fsp3) is 0. The summed E-state index contributed by atoms with van der Waals surface area (Å²) in [5.74, 6) is 0. The van der Waals surface area contributed by atoms with Gasteiger partial charge in [-0.2, -0.15) is 39.6 Å². The predicted molar refractivity (Wildman–Crippen MR) is 92.3 cm³/mol. The summed E-state index contributed by atoms with van der Waals surface area (Å²) in [6.07, 6.45) is 0. The van der Waals surface area contributed by atoms with Gasteiger partial charge in [-0.05, 0) is 0 Å². The molecule has 14 heavy (non-hydrogen) atoms. The van der Waals surface area contributed by atoms with Crippen molar-refractivity contribution in [2.24, 2.45) is 0 Å². The third-order valence-electron chi connectivity index (χ3n) is 0. The Labute approximate surface area is 135 Å². The molecule has 2 radical (unpaired) electrons. The zero-order valence-electron chi connectivity index (χ0n) is 10.2. The fourth-order valence-corrected chi connectivity index (χ4v) is 0. The molecule has 3 nitrogen and oxygen atoms in total. The van der Waals surface area contributed by atoms with Gasteiger partial charge in [0.05, 0.1) is 0 Å². The van der Waals surface area contributed by atoms with E-state index in [0.717, 1.165) is 0 Å². The van der Waals surface area contributed by atoms with Gasteiger partial charge in [-0.25, -0.2) is 0 Å². The molecule has 0 bridgehead atoms. The summed E-state index contributed by atoms with van der Waals surface area (Å²) >= 11 is 0. The first kappa shape index (κ1) is 508. The van der Waals surface area contributed by atoms with Gasteiger partial charge in [-0.1, -0.05) is 0 Å². The molecule has 0 aromatic heterocycles. The second kappa shape index (κ2) is 420. The van der Waals surface area contributed by atoms with E-state index in [4.69, 9.17) is 0 Å². The Bertz CT molecular complexity index is 26.9. The molecule has 0 aromatic rings. The van der Waals surface area contributed by atoms with Crippen molar-refractivity contribution < 1.29 is 40.2 Å². The molecule has 4 unspecified atom stereocenters. The molecule has 0 saturated heterocycles. The largest absolute Gasteiger partial charge is 0.693 e. The number of hydrogen-bond donors (Lipinski definition) is 0. The van der Waals surface area contributed by atoms with E-state index in [0.29, 0.717) is 0 Å². The molecule has 0 aliphatic carbocycles. The van der Waals surface area contributed by atoms with Crippen LogP contribution < -0.4 is 0 Å². The Morgan fingerprint density at radius 1 is 0.286 bits per heavy atom. The molecule has 0 fully saturated rings. The number of rotatable bonds is 0. The van der Waals surface area contributed by atoms with Crippen molar-refractivity contribution in [1.29, 1.82) is 0 Å². The third kappa shape index (κ3) is 343. The van der Waals surface area contributed by atoms with Crippen molar-refractivity contribution in [1.82, 2.24) is 0 Å². The first-order valence-corrected chi connectivity index (χ1v) is 0. The maximum atomic E-state index is 0. The molecular weight excluding hydrogens is 610 g/mol. The van der Waals surface area contributed by atoms with E-state index in [1.54, 1.807) is 0 Å². The van der Waals surface area contributed by atoms with Crippen molar-refractivity contribution >= 4 is 39.6 Å². The monoisotopic (exact) mass is 645 g/mol. The van der Waals surface area contributed by atoms with Gasteiger partial charge in [0.25, 0.3) is 0 Å². The van der Waals surface area contributed by atoms with E-state index >= 15 is 0 Å². The van der Waals surface area contributed by atoms with Gasteiger partial charge in [0.1, 0.15) is 0 Å². The third-order valence-corrected chi connectivity index (χ3v) is 0. The zero-order valence-corrected chi connectivity index (χ0v) is 20.7. The summed E-state index contributed by atoms with van der Waals surface area (Å²) in [6.45, 7) is 0. The summed E-state index contributed by atoms with van der Waals surface area (Å²) in [6, 6.07) is 0. The molecule has 4 atom stereocenters. The first-order valence-electron chi connectivity index (χ1n) is 0. The van der Waals surface area contributed by atoms with Gasteiger partial charge in [0.15, 0.2) is 0 Å². The van der Waals surface area contributed by atoms with Crippen molar-refractivity contribution in [3.63, 3.8) is 0 Å². The van der Waals surface area contributed by atoms with Gasteiger partial charge in [0.2, 0.25) is 0 Å². The number of hydrogen-bond acceptors (Lipinski definition) is 0. The number of nitrogens with two attached hydrogens (primary N) is 3. The normalized spacial score (nSPS) is 0. The average Bonchev–Trinajstić information content (AvgIpc) is 0. The minimum absolute atomic E-state index is 0. The Morgan fingerprint density at radius 2 is 0.286 bits per heavy atom. The molecule has 9 heteroatoms. The average molecular weight is 644 g/mol. The molecule has 0 amide bonds. The molecule has 114 valence electrons. The molecular formula is C5H33Ir2N3P4-8. The summed E-state index contributed by atoms with van der Waals surface area (Å²) in [4.78, 5) is 0. The van der Waals surface area contributed by atoms with Crippen LogP contribution in [-0.2, 0) is 40.2 Å². The van der Waals surface area contributed by atoms with E-state index < -0.39 is 0 Å². The van der Waals surface area contributed by atoms with E-state index in [1.165, 1.54) is 0 Å². The van der Waals surface area contributed by atoms with Crippen LogP contribution in [0.15, 0.2) is 0 Å². The minimum Gasteiger partial charge on any atom is -0.693 e. The zero-order chi connectivity index (χ0) is 0. The van der Waals surface area contributed by atoms with Crippen LogP contribution in [0.2, 0.25) is 0 Å². The molecule has 6 N–H and O–H groups in total. The summed E-state index contributed by atoms with van der Waals surface area (Å²) in [5, 5.41) is 0. The standard InChI is InChI=1S/5CH3.2Ir.3H2N.4H3P/h5*1H3;;;3*1H2;4*1H3/q5*-1;;;3*-1;;;;. The molecule has 0 spiro atoms. The summed E-state index contributed by atoms with van der Waals surface area (Å²) in [5.41, 5.74) is 0. The van der Waals surface area contributed by atoms with Crippen LogP contribution in [0, 0.1) is 37.1 Å². The van der Waals surface area contributed by atoms with Gasteiger partial charge in [-0.3, -0.25) is 0 Å². The topological polar surface area (TPSA) is 100 Å². The van der Waals surface area contributed by atoms with Crippen LogP contribution in [0.3, 0.4) is 0 Å². The fourth-order valence-electron chi connectivity index (χ4n) is 0. The van der Waals surface area contributed by atoms with Crippen molar-refractivity contribution in [3.05, 3.63) is 55.6 Å². The van der Waals surface area contributed by atoms with Gasteiger partial charge in [-0.15, -0.1) is 0 Å². The minimum atomic E-state index is 0. The first-order chi connectivity index (χ1) is 0. The smallest absolute Gasteiger partial charge is 0 e. The molecule has 0 heterocycles. The van der Waals surface area contributed by atoms with Crippen LogP contribution in [0.5, 0.6) is 0 Å². The van der Waals surface area contributed by atoms with E-state index in [2.05, 4.69) is 0 Å². The van der Waals surface area contributed by atoms with E-state index in [9.17, 15) is 0 Å². The quantitative estimate of drug-likeness (QED) is 0.272. The Morgan fingerprint density at radius 3 is 0.286 bits per heavy atom. The van der Waals surface area contributed by atoms with Crippen LogP contribution in [0.4, 0.5) is 0 Å². The predicted octanol–water partition coefficient (Wildman–Crippen LogP) is 4.63. The Kier molecular flexibility index (Phi) is 15300. The second-order valence-electron chi connectivity index (χ2n) is 0. The summed E-state index contributed by atoms with van der Waals surface area (Å²) in [7, 11) is 0. The molecule has 0 aromatic carbocycles. The summed E-state index contributed by atoms with van der Waals surface area (Å²) < 4.78 is 0. The van der Waals surface area contributed by atoms with Crippen LogP contribution in [0.25, 0.3) is 18.5 Å². The van der Waals surface area contributed by atoms with Crippen molar-refractivity contribution in [2.45, 2.75) is 0 Å². The van der Waals surface area contributed by atoms with Gasteiger partial charge in [0, 0.05) is 40.2 Å². The molecule has 0 rings (SSSR count). The van der Waals surface area contributed by atoms with Crippen LogP contribution >= 0.6 is 39.6 Å². The van der Waals surface area contributed by atoms with Gasteiger partial charge < -0.3 is 55.6 Å². The van der Waals surface area contributed by atoms with Crippen LogP contribution in [0.1, 0.15) is 0 Å². The molecule has 0 saturated carbocycles. The maximum absolute atomic E-state index is 0. The van der Waals surface area contributed by atoms with E-state index in [-0.39, 0.29) is 135 Å². The van der Waals surface area contributed by atoms with Gasteiger partial charge >= 0.3 is 0 Å². The molecule has 0 aliphatic heterocycles. The van der Waals surface area contributed by atoms with Crippen molar-refractivity contribution in [3.8, 4) is 0 Å². The Balaban J connectivity index is 0. The van der Waals surface area contributed by atoms with Crippen molar-refractivity contribution in [2.75, 3.05) is 0 Å². The Hall–Kier alpha value is 2.90. The van der Waals surface area contributed by atoms with Crippen LogP contribution in [-0.4, -0.2) is 0 Å². The SMILES string of the molecule is P.P.P.P.[CH3-].[CH3-].[CH3-].[CH3-].[CH3-].[Ir].[Ir].[NH2-].[NH2-].[NH2-]. The van der Waals surface area contributed by atoms with E-state index in [1.807, 2.05) is 0 Å². The maximum Gasteiger partial charge on any atom is 0 e. The second-order valence-corrected chi connectivity index (χ2v) is 0. The molecule has 0 aliphatic rings.